The number of hydrogen-bond acceptors (Lipinski definition) is 5. The van der Waals surface area contributed by atoms with Crippen molar-refractivity contribution in [1.29, 1.82) is 0 Å². The standard InChI is InChI=1S/C17H24N4O/c1-13-15-6-2-3-7-16(15)17(20-19-13)18-8-10-21-9-4-5-14(11-21)12-22/h2-3,6-7,14,22H,4-5,8-12H2,1H3,(H,18,20). The van der Waals surface area contributed by atoms with E-state index in [-0.39, 0.29) is 0 Å². The van der Waals surface area contributed by atoms with Crippen LogP contribution in [0.4, 0.5) is 5.82 Å². The summed E-state index contributed by atoms with van der Waals surface area (Å²) < 4.78 is 0. The zero-order valence-electron chi connectivity index (χ0n) is 13.1. The summed E-state index contributed by atoms with van der Waals surface area (Å²) in [5.41, 5.74) is 0.961. The maximum absolute atomic E-state index is 9.30. The predicted octanol–water partition coefficient (Wildman–Crippen LogP) is 2.05. The Hall–Kier alpha value is -1.72. The topological polar surface area (TPSA) is 61.3 Å². The molecule has 1 aromatic heterocycles. The van der Waals surface area contributed by atoms with Gasteiger partial charge in [0.05, 0.1) is 5.69 Å². The van der Waals surface area contributed by atoms with Gasteiger partial charge in [-0.15, -0.1) is 5.10 Å². The normalized spacial score (nSPS) is 19.5. The summed E-state index contributed by atoms with van der Waals surface area (Å²) in [4.78, 5) is 2.42. The quantitative estimate of drug-likeness (QED) is 0.885. The predicted molar refractivity (Wildman–Crippen MR) is 89.0 cm³/mol. The number of anilines is 1. The van der Waals surface area contributed by atoms with Crippen molar-refractivity contribution < 1.29 is 5.11 Å². The summed E-state index contributed by atoms with van der Waals surface area (Å²) in [6.45, 7) is 6.23. The number of aryl methyl sites for hydroxylation is 1. The monoisotopic (exact) mass is 300 g/mol. The molecule has 1 aliphatic rings. The molecule has 5 nitrogen and oxygen atoms in total. The molecule has 1 aromatic carbocycles. The lowest BCUT2D eigenvalue weighted by Gasteiger charge is -2.31. The minimum Gasteiger partial charge on any atom is -0.396 e. The van der Waals surface area contributed by atoms with E-state index in [1.807, 2.05) is 19.1 Å². The summed E-state index contributed by atoms with van der Waals surface area (Å²) in [6, 6.07) is 8.23. The number of likely N-dealkylation sites (tertiary alicyclic amines) is 1. The number of nitrogens with one attached hydrogen (secondary N) is 1. The van der Waals surface area contributed by atoms with Crippen LogP contribution in [0.5, 0.6) is 0 Å². The molecule has 2 aromatic rings. The Morgan fingerprint density at radius 3 is 2.91 bits per heavy atom. The van der Waals surface area contributed by atoms with E-state index in [4.69, 9.17) is 0 Å². The average molecular weight is 300 g/mol. The second-order valence-electron chi connectivity index (χ2n) is 6.10. The molecule has 3 rings (SSSR count). The average Bonchev–Trinajstić information content (AvgIpc) is 2.57. The van der Waals surface area contributed by atoms with Gasteiger partial charge in [-0.25, -0.2) is 0 Å². The number of aliphatic hydroxyl groups excluding tert-OH is 1. The van der Waals surface area contributed by atoms with Crippen molar-refractivity contribution in [3.8, 4) is 0 Å². The van der Waals surface area contributed by atoms with E-state index in [9.17, 15) is 5.11 Å². The molecule has 0 aliphatic carbocycles. The van der Waals surface area contributed by atoms with E-state index >= 15 is 0 Å². The molecule has 118 valence electrons. The second-order valence-corrected chi connectivity index (χ2v) is 6.10. The molecule has 0 saturated carbocycles. The maximum Gasteiger partial charge on any atom is 0.156 e. The third-order valence-corrected chi connectivity index (χ3v) is 4.45. The fourth-order valence-electron chi connectivity index (χ4n) is 3.20. The molecule has 1 aliphatic heterocycles. The van der Waals surface area contributed by atoms with Crippen molar-refractivity contribution in [2.45, 2.75) is 19.8 Å². The van der Waals surface area contributed by atoms with Crippen LogP contribution in [0.25, 0.3) is 10.8 Å². The van der Waals surface area contributed by atoms with Crippen LogP contribution in [0.2, 0.25) is 0 Å². The molecular formula is C17H24N4O. The SMILES string of the molecule is Cc1nnc(NCCN2CCCC(CO)C2)c2ccccc12. The Kier molecular flexibility index (Phi) is 4.85. The number of aliphatic hydroxyl groups is 1. The van der Waals surface area contributed by atoms with Gasteiger partial charge in [-0.1, -0.05) is 24.3 Å². The first-order valence-corrected chi connectivity index (χ1v) is 8.07. The first kappa shape index (κ1) is 15.2. The van der Waals surface area contributed by atoms with Crippen LogP contribution in [0.1, 0.15) is 18.5 Å². The number of piperidine rings is 1. The van der Waals surface area contributed by atoms with Gasteiger partial charge in [-0.05, 0) is 32.2 Å². The molecule has 2 heterocycles. The van der Waals surface area contributed by atoms with Gasteiger partial charge in [-0.2, -0.15) is 5.10 Å². The van der Waals surface area contributed by atoms with Gasteiger partial charge in [0.1, 0.15) is 0 Å². The van der Waals surface area contributed by atoms with Gasteiger partial charge in [-0.3, -0.25) is 0 Å². The summed E-state index contributed by atoms with van der Waals surface area (Å²) in [5.74, 6) is 1.30. The fourth-order valence-corrected chi connectivity index (χ4v) is 3.20. The number of hydrogen-bond donors (Lipinski definition) is 2. The van der Waals surface area contributed by atoms with Crippen molar-refractivity contribution in [2.75, 3.05) is 38.1 Å². The molecular weight excluding hydrogens is 276 g/mol. The van der Waals surface area contributed by atoms with Crippen molar-refractivity contribution in [3.63, 3.8) is 0 Å². The minimum atomic E-state index is 0.304. The van der Waals surface area contributed by atoms with Crippen LogP contribution in [-0.2, 0) is 0 Å². The van der Waals surface area contributed by atoms with Gasteiger partial charge in [0.15, 0.2) is 5.82 Å². The molecule has 0 spiro atoms. The molecule has 22 heavy (non-hydrogen) atoms. The van der Waals surface area contributed by atoms with Crippen LogP contribution >= 0.6 is 0 Å². The summed E-state index contributed by atoms with van der Waals surface area (Å²) >= 11 is 0. The van der Waals surface area contributed by atoms with Crippen molar-refractivity contribution in [2.24, 2.45) is 5.92 Å². The second kappa shape index (κ2) is 7.03. The molecule has 1 fully saturated rings. The Bertz CT molecular complexity index is 631. The molecule has 0 radical (unpaired) electrons. The fraction of sp³-hybridized carbons (Fsp3) is 0.529. The summed E-state index contributed by atoms with van der Waals surface area (Å²) in [7, 11) is 0. The molecule has 5 heteroatoms. The minimum absolute atomic E-state index is 0.304. The molecule has 0 bridgehead atoms. The van der Waals surface area contributed by atoms with Crippen LogP contribution in [0.15, 0.2) is 24.3 Å². The number of nitrogens with zero attached hydrogens (tertiary/aromatic N) is 3. The Morgan fingerprint density at radius 2 is 2.09 bits per heavy atom. The lowest BCUT2D eigenvalue weighted by atomic mass is 9.99. The van der Waals surface area contributed by atoms with Crippen molar-refractivity contribution in [3.05, 3.63) is 30.0 Å². The first-order valence-electron chi connectivity index (χ1n) is 8.07. The van der Waals surface area contributed by atoms with Gasteiger partial charge in [0.2, 0.25) is 0 Å². The lowest BCUT2D eigenvalue weighted by Crippen LogP contribution is -2.39. The third kappa shape index (κ3) is 3.36. The van der Waals surface area contributed by atoms with E-state index < -0.39 is 0 Å². The smallest absolute Gasteiger partial charge is 0.156 e. The Labute approximate surface area is 131 Å². The zero-order valence-corrected chi connectivity index (χ0v) is 13.1. The molecule has 1 atom stereocenters. The van der Waals surface area contributed by atoms with Gasteiger partial charge < -0.3 is 15.3 Å². The molecule has 0 amide bonds. The van der Waals surface area contributed by atoms with Gasteiger partial charge >= 0.3 is 0 Å². The van der Waals surface area contributed by atoms with Crippen LogP contribution in [0.3, 0.4) is 0 Å². The number of benzene rings is 1. The maximum atomic E-state index is 9.30. The van der Waals surface area contributed by atoms with Gasteiger partial charge in [0.25, 0.3) is 0 Å². The molecule has 1 unspecified atom stereocenters. The highest BCUT2D eigenvalue weighted by Crippen LogP contribution is 2.22. The highest BCUT2D eigenvalue weighted by atomic mass is 16.3. The van der Waals surface area contributed by atoms with Crippen molar-refractivity contribution in [1.82, 2.24) is 15.1 Å². The van der Waals surface area contributed by atoms with Crippen LogP contribution in [-0.4, -0.2) is 53.0 Å². The first-order chi connectivity index (χ1) is 10.8. The summed E-state index contributed by atoms with van der Waals surface area (Å²) in [5, 5.41) is 23.5. The van der Waals surface area contributed by atoms with Crippen LogP contribution in [0, 0.1) is 12.8 Å². The number of fused-ring (bicyclic) bond motifs is 1. The van der Waals surface area contributed by atoms with Crippen LogP contribution < -0.4 is 5.32 Å². The highest BCUT2D eigenvalue weighted by molar-refractivity contribution is 5.92. The Balaban J connectivity index is 1.61. The van der Waals surface area contributed by atoms with E-state index in [1.165, 1.54) is 6.42 Å². The highest BCUT2D eigenvalue weighted by Gasteiger charge is 2.18. The van der Waals surface area contributed by atoms with Crippen molar-refractivity contribution >= 4 is 16.6 Å². The van der Waals surface area contributed by atoms with E-state index in [0.717, 1.165) is 54.9 Å². The summed E-state index contributed by atoms with van der Waals surface area (Å²) in [6.07, 6.45) is 2.33. The Morgan fingerprint density at radius 1 is 1.27 bits per heavy atom. The number of aromatic nitrogens is 2. The largest absolute Gasteiger partial charge is 0.396 e. The van der Waals surface area contributed by atoms with E-state index in [2.05, 4.69) is 32.5 Å². The molecule has 2 N–H and O–H groups in total. The zero-order chi connectivity index (χ0) is 15.4. The number of rotatable bonds is 5. The van der Waals surface area contributed by atoms with E-state index in [0.29, 0.717) is 12.5 Å². The molecule has 1 saturated heterocycles. The third-order valence-electron chi connectivity index (χ3n) is 4.45. The lowest BCUT2D eigenvalue weighted by molar-refractivity contribution is 0.123. The van der Waals surface area contributed by atoms with Gasteiger partial charge in [0, 0.05) is 37.0 Å². The van der Waals surface area contributed by atoms with E-state index in [1.54, 1.807) is 0 Å².